The van der Waals surface area contributed by atoms with E-state index in [4.69, 9.17) is 0 Å². The molecule has 4 rings (SSSR count). The van der Waals surface area contributed by atoms with Gasteiger partial charge in [0.2, 0.25) is 0 Å². The molecule has 0 saturated carbocycles. The van der Waals surface area contributed by atoms with Crippen molar-refractivity contribution >= 4 is 49.8 Å². The van der Waals surface area contributed by atoms with Gasteiger partial charge in [-0.25, -0.2) is 4.98 Å². The van der Waals surface area contributed by atoms with Crippen molar-refractivity contribution < 1.29 is 14.7 Å². The number of amides is 1. The van der Waals surface area contributed by atoms with E-state index in [2.05, 4.69) is 20.9 Å². The molecule has 7 heteroatoms. The number of hydrogen-bond donors (Lipinski definition) is 1. The van der Waals surface area contributed by atoms with E-state index < -0.39 is 17.7 Å². The summed E-state index contributed by atoms with van der Waals surface area (Å²) in [5.74, 6) is -1.62. The minimum atomic E-state index is -0.735. The number of aromatic nitrogens is 1. The third kappa shape index (κ3) is 3.09. The van der Waals surface area contributed by atoms with Gasteiger partial charge in [0.05, 0.1) is 11.6 Å². The highest BCUT2D eigenvalue weighted by atomic mass is 79.9. The van der Waals surface area contributed by atoms with E-state index in [9.17, 15) is 14.7 Å². The van der Waals surface area contributed by atoms with Crippen LogP contribution in [0.15, 0.2) is 76.2 Å². The van der Waals surface area contributed by atoms with E-state index in [0.29, 0.717) is 10.7 Å². The van der Waals surface area contributed by atoms with Crippen molar-refractivity contribution in [3.05, 3.63) is 87.3 Å². The number of aliphatic hydroxyl groups is 1. The first kappa shape index (κ1) is 17.6. The molecule has 1 saturated heterocycles. The summed E-state index contributed by atoms with van der Waals surface area (Å²) in [5.41, 5.74) is 1.26. The van der Waals surface area contributed by atoms with Gasteiger partial charge in [0.1, 0.15) is 5.76 Å². The highest BCUT2D eigenvalue weighted by molar-refractivity contribution is 9.10. The molecule has 134 valence electrons. The molecular formula is C20H13BrN2O3S. The lowest BCUT2D eigenvalue weighted by Gasteiger charge is -2.22. The molecule has 5 nitrogen and oxygen atoms in total. The molecule has 3 aromatic rings. The SMILES string of the molecule is O=C1C(=O)N(c2nccs2)C(c2ccccc2)/C1=C(/O)c1ccc(Br)cc1. The van der Waals surface area contributed by atoms with Crippen molar-refractivity contribution in [3.63, 3.8) is 0 Å². The minimum Gasteiger partial charge on any atom is -0.507 e. The topological polar surface area (TPSA) is 70.5 Å². The molecule has 1 N–H and O–H groups in total. The number of aliphatic hydroxyl groups excluding tert-OH is 1. The predicted molar refractivity (Wildman–Crippen MR) is 107 cm³/mol. The lowest BCUT2D eigenvalue weighted by molar-refractivity contribution is -0.132. The first-order valence-electron chi connectivity index (χ1n) is 8.09. The molecule has 0 radical (unpaired) electrons. The molecule has 0 bridgehead atoms. The fourth-order valence-corrected chi connectivity index (χ4v) is 4.01. The lowest BCUT2D eigenvalue weighted by Crippen LogP contribution is -2.29. The number of hydrogen-bond acceptors (Lipinski definition) is 5. The molecule has 1 amide bonds. The van der Waals surface area contributed by atoms with Crippen molar-refractivity contribution in [3.8, 4) is 0 Å². The maximum atomic E-state index is 12.8. The Hall–Kier alpha value is -2.77. The maximum absolute atomic E-state index is 12.8. The van der Waals surface area contributed by atoms with Crippen LogP contribution in [0.25, 0.3) is 5.76 Å². The molecule has 27 heavy (non-hydrogen) atoms. The summed E-state index contributed by atoms with van der Waals surface area (Å²) >= 11 is 4.62. The molecule has 1 aliphatic heterocycles. The second kappa shape index (κ2) is 7.09. The smallest absolute Gasteiger partial charge is 0.301 e. The van der Waals surface area contributed by atoms with E-state index in [1.54, 1.807) is 35.8 Å². The Kier molecular flexibility index (Phi) is 4.63. The number of benzene rings is 2. The van der Waals surface area contributed by atoms with Gasteiger partial charge in [-0.3, -0.25) is 14.5 Å². The van der Waals surface area contributed by atoms with Gasteiger partial charge >= 0.3 is 5.91 Å². The van der Waals surface area contributed by atoms with Gasteiger partial charge in [-0.1, -0.05) is 58.4 Å². The Labute approximate surface area is 167 Å². The van der Waals surface area contributed by atoms with Crippen molar-refractivity contribution in [2.45, 2.75) is 6.04 Å². The van der Waals surface area contributed by atoms with Crippen LogP contribution in [-0.2, 0) is 9.59 Å². The van der Waals surface area contributed by atoms with Crippen LogP contribution in [0, 0.1) is 0 Å². The zero-order valence-corrected chi connectivity index (χ0v) is 16.3. The second-order valence-corrected chi connectivity index (χ2v) is 7.69. The van der Waals surface area contributed by atoms with Crippen LogP contribution in [0.2, 0.25) is 0 Å². The van der Waals surface area contributed by atoms with E-state index >= 15 is 0 Å². The van der Waals surface area contributed by atoms with Crippen LogP contribution in [0.1, 0.15) is 17.2 Å². The second-order valence-electron chi connectivity index (χ2n) is 5.90. The average Bonchev–Trinajstić information content (AvgIpc) is 3.30. The number of halogens is 1. The number of rotatable bonds is 3. The molecular weight excluding hydrogens is 428 g/mol. The summed E-state index contributed by atoms with van der Waals surface area (Å²) in [6, 6.07) is 15.4. The van der Waals surface area contributed by atoms with Gasteiger partial charge in [0.25, 0.3) is 5.78 Å². The Morgan fingerprint density at radius 2 is 1.78 bits per heavy atom. The summed E-state index contributed by atoms with van der Waals surface area (Å²) in [5, 5.41) is 13.1. The van der Waals surface area contributed by atoms with Crippen LogP contribution in [0.4, 0.5) is 5.13 Å². The van der Waals surface area contributed by atoms with Gasteiger partial charge in [0.15, 0.2) is 5.13 Å². The minimum absolute atomic E-state index is 0.0590. The first-order valence-corrected chi connectivity index (χ1v) is 9.76. The number of carbonyl (C=O) groups excluding carboxylic acids is 2. The lowest BCUT2D eigenvalue weighted by atomic mass is 9.95. The molecule has 0 aliphatic carbocycles. The summed E-state index contributed by atoms with van der Waals surface area (Å²) in [6.07, 6.45) is 1.58. The summed E-state index contributed by atoms with van der Waals surface area (Å²) in [6.45, 7) is 0. The third-order valence-electron chi connectivity index (χ3n) is 4.30. The Morgan fingerprint density at radius 1 is 1.07 bits per heavy atom. The largest absolute Gasteiger partial charge is 0.507 e. The van der Waals surface area contributed by atoms with Crippen molar-refractivity contribution in [1.82, 2.24) is 4.98 Å². The Bertz CT molecular complexity index is 1030. The molecule has 2 aromatic carbocycles. The molecule has 1 aromatic heterocycles. The highest BCUT2D eigenvalue weighted by Crippen LogP contribution is 2.42. The van der Waals surface area contributed by atoms with Crippen LogP contribution < -0.4 is 4.90 Å². The van der Waals surface area contributed by atoms with E-state index in [1.807, 2.05) is 30.3 Å². The van der Waals surface area contributed by atoms with Gasteiger partial charge in [-0.05, 0) is 17.7 Å². The van der Waals surface area contributed by atoms with E-state index in [1.165, 1.54) is 16.2 Å². The predicted octanol–water partition coefficient (Wildman–Crippen LogP) is 4.53. The van der Waals surface area contributed by atoms with Crippen molar-refractivity contribution in [1.29, 1.82) is 0 Å². The van der Waals surface area contributed by atoms with Crippen molar-refractivity contribution in [2.24, 2.45) is 0 Å². The van der Waals surface area contributed by atoms with Gasteiger partial charge < -0.3 is 5.11 Å². The number of carbonyl (C=O) groups is 2. The number of thiazole rings is 1. The summed E-state index contributed by atoms with van der Waals surface area (Å²) < 4.78 is 0.849. The number of ketones is 1. The number of anilines is 1. The van der Waals surface area contributed by atoms with E-state index in [0.717, 1.165) is 10.0 Å². The Morgan fingerprint density at radius 3 is 2.41 bits per heavy atom. The standard InChI is InChI=1S/C20H13BrN2O3S/c21-14-8-6-13(7-9-14)17(24)15-16(12-4-2-1-3-5-12)23(19(26)18(15)25)20-22-10-11-27-20/h1-11,16,24H/b17-15-. The molecule has 1 unspecified atom stereocenters. The average molecular weight is 441 g/mol. The monoisotopic (exact) mass is 440 g/mol. The van der Waals surface area contributed by atoms with Gasteiger partial charge in [-0.2, -0.15) is 0 Å². The van der Waals surface area contributed by atoms with Crippen LogP contribution in [-0.4, -0.2) is 21.8 Å². The molecule has 2 heterocycles. The molecule has 1 aliphatic rings. The molecule has 1 atom stereocenters. The van der Waals surface area contributed by atoms with Crippen LogP contribution in [0.5, 0.6) is 0 Å². The quantitative estimate of drug-likeness (QED) is 0.368. The van der Waals surface area contributed by atoms with Crippen LogP contribution in [0.3, 0.4) is 0 Å². The zero-order valence-electron chi connectivity index (χ0n) is 13.9. The molecule has 1 fully saturated rings. The fourth-order valence-electron chi connectivity index (χ4n) is 3.08. The first-order chi connectivity index (χ1) is 13.1. The fraction of sp³-hybridized carbons (Fsp3) is 0.0500. The van der Waals surface area contributed by atoms with Crippen molar-refractivity contribution in [2.75, 3.05) is 4.90 Å². The normalized spacial score (nSPS) is 18.9. The summed E-state index contributed by atoms with van der Waals surface area (Å²) in [4.78, 5) is 31.2. The Balaban J connectivity index is 1.93. The summed E-state index contributed by atoms with van der Waals surface area (Å²) in [7, 11) is 0. The van der Waals surface area contributed by atoms with E-state index in [-0.39, 0.29) is 11.3 Å². The zero-order chi connectivity index (χ0) is 19.0. The van der Waals surface area contributed by atoms with Gasteiger partial charge in [-0.15, -0.1) is 11.3 Å². The van der Waals surface area contributed by atoms with Crippen LogP contribution >= 0.6 is 27.3 Å². The number of nitrogens with zero attached hydrogens (tertiary/aromatic N) is 2. The highest BCUT2D eigenvalue weighted by Gasteiger charge is 2.47. The molecule has 0 spiro atoms. The van der Waals surface area contributed by atoms with Gasteiger partial charge in [0, 0.05) is 21.6 Å². The number of Topliss-reactive ketones (excluding diaryl/α,β-unsaturated/α-hetero) is 1. The third-order valence-corrected chi connectivity index (χ3v) is 5.60. The maximum Gasteiger partial charge on any atom is 0.301 e.